The zero-order chi connectivity index (χ0) is 8.23. The van der Waals surface area contributed by atoms with Crippen LogP contribution < -0.4 is 0 Å². The highest BCUT2D eigenvalue weighted by atomic mass is 14.7. The van der Waals surface area contributed by atoms with E-state index in [2.05, 4.69) is 17.1 Å². The molecule has 1 nitrogen and oxygen atoms in total. The van der Waals surface area contributed by atoms with Crippen molar-refractivity contribution in [3.63, 3.8) is 0 Å². The molecule has 2 rings (SSSR count). The molecule has 0 atom stereocenters. The highest BCUT2D eigenvalue weighted by Crippen LogP contribution is 2.14. The van der Waals surface area contributed by atoms with Crippen molar-refractivity contribution in [1.29, 1.82) is 0 Å². The maximum atomic E-state index is 4.49. The lowest BCUT2D eigenvalue weighted by Gasteiger charge is -1.94. The van der Waals surface area contributed by atoms with E-state index in [-0.39, 0.29) is 0 Å². The van der Waals surface area contributed by atoms with Crippen molar-refractivity contribution in [2.24, 2.45) is 4.99 Å². The van der Waals surface area contributed by atoms with Crippen molar-refractivity contribution in [1.82, 2.24) is 0 Å². The smallest absolute Gasteiger partial charge is 0.0632 e. The maximum absolute atomic E-state index is 4.49. The molecular formula is C11H11N. The minimum absolute atomic E-state index is 1.05. The van der Waals surface area contributed by atoms with Crippen molar-refractivity contribution in [3.8, 4) is 0 Å². The van der Waals surface area contributed by atoms with E-state index < -0.39 is 0 Å². The summed E-state index contributed by atoms with van der Waals surface area (Å²) < 4.78 is 0. The van der Waals surface area contributed by atoms with Crippen LogP contribution in [0.25, 0.3) is 0 Å². The molecule has 0 aliphatic heterocycles. The fourth-order valence-electron chi connectivity index (χ4n) is 1.30. The fraction of sp³-hybridized carbons (Fsp3) is 0.182. The van der Waals surface area contributed by atoms with Gasteiger partial charge in [0, 0.05) is 5.71 Å². The largest absolute Gasteiger partial charge is 0.253 e. The predicted octanol–water partition coefficient (Wildman–Crippen LogP) is 3.11. The highest BCUT2D eigenvalue weighted by molar-refractivity contribution is 5.98. The second-order valence-electron chi connectivity index (χ2n) is 2.88. The number of hydrogen-bond donors (Lipinski definition) is 0. The van der Waals surface area contributed by atoms with Gasteiger partial charge in [-0.05, 0) is 31.1 Å². The molecule has 1 heteroatoms. The van der Waals surface area contributed by atoms with E-state index in [9.17, 15) is 0 Å². The first-order valence-electron chi connectivity index (χ1n) is 4.24. The van der Waals surface area contributed by atoms with Gasteiger partial charge < -0.3 is 0 Å². The molecule has 0 unspecified atom stereocenters. The quantitative estimate of drug-likeness (QED) is 0.594. The van der Waals surface area contributed by atoms with Gasteiger partial charge in [0.15, 0.2) is 0 Å². The zero-order valence-corrected chi connectivity index (χ0v) is 6.90. The van der Waals surface area contributed by atoms with Gasteiger partial charge in [-0.1, -0.05) is 24.3 Å². The third-order valence-corrected chi connectivity index (χ3v) is 1.91. The SMILES string of the molecule is C1=CC(=Nc2ccccc2)CC1. The Balaban J connectivity index is 2.22. The molecule has 0 spiro atoms. The lowest BCUT2D eigenvalue weighted by atomic mass is 10.3. The van der Waals surface area contributed by atoms with Crippen LogP contribution in [0.4, 0.5) is 5.69 Å². The maximum Gasteiger partial charge on any atom is 0.0632 e. The molecule has 0 radical (unpaired) electrons. The number of rotatable bonds is 1. The van der Waals surface area contributed by atoms with Crippen molar-refractivity contribution >= 4 is 11.4 Å². The standard InChI is InChI=1S/C11H11N/c1-2-6-10(7-3-1)12-11-8-4-5-9-11/h1-4,6-8H,5,9H2. The molecule has 0 saturated carbocycles. The van der Waals surface area contributed by atoms with Crippen molar-refractivity contribution in [2.75, 3.05) is 0 Å². The Bertz CT molecular complexity index is 309. The fourth-order valence-corrected chi connectivity index (χ4v) is 1.30. The van der Waals surface area contributed by atoms with Crippen molar-refractivity contribution in [3.05, 3.63) is 42.5 Å². The first-order chi connectivity index (χ1) is 5.95. The molecule has 0 heterocycles. The van der Waals surface area contributed by atoms with Crippen LogP contribution in [-0.4, -0.2) is 5.71 Å². The van der Waals surface area contributed by atoms with Gasteiger partial charge in [-0.2, -0.15) is 0 Å². The monoisotopic (exact) mass is 157 g/mol. The Labute approximate surface area is 72.5 Å². The summed E-state index contributed by atoms with van der Waals surface area (Å²) in [4.78, 5) is 4.49. The van der Waals surface area contributed by atoms with E-state index >= 15 is 0 Å². The summed E-state index contributed by atoms with van der Waals surface area (Å²) in [6.07, 6.45) is 6.51. The van der Waals surface area contributed by atoms with Gasteiger partial charge in [0.05, 0.1) is 5.69 Å². The van der Waals surface area contributed by atoms with Crippen LogP contribution in [0.2, 0.25) is 0 Å². The first-order valence-corrected chi connectivity index (χ1v) is 4.24. The van der Waals surface area contributed by atoms with Gasteiger partial charge in [-0.3, -0.25) is 4.99 Å². The summed E-state index contributed by atoms with van der Waals surface area (Å²) in [5, 5.41) is 0. The Hall–Kier alpha value is -1.37. The molecule has 0 bridgehead atoms. The summed E-state index contributed by atoms with van der Waals surface area (Å²) >= 11 is 0. The number of hydrogen-bond acceptors (Lipinski definition) is 1. The number of aliphatic imine (C=N–C) groups is 1. The molecule has 60 valence electrons. The topological polar surface area (TPSA) is 12.4 Å². The molecule has 12 heavy (non-hydrogen) atoms. The van der Waals surface area contributed by atoms with Crippen LogP contribution in [0.1, 0.15) is 12.8 Å². The van der Waals surface area contributed by atoms with E-state index in [0.29, 0.717) is 0 Å². The summed E-state index contributed by atoms with van der Waals surface area (Å²) in [6.45, 7) is 0. The minimum atomic E-state index is 1.05. The third-order valence-electron chi connectivity index (χ3n) is 1.91. The van der Waals surface area contributed by atoms with Crippen LogP contribution in [0.3, 0.4) is 0 Å². The van der Waals surface area contributed by atoms with Gasteiger partial charge in [-0.25, -0.2) is 0 Å². The third kappa shape index (κ3) is 1.62. The van der Waals surface area contributed by atoms with Crippen molar-refractivity contribution < 1.29 is 0 Å². The van der Waals surface area contributed by atoms with Gasteiger partial charge >= 0.3 is 0 Å². The van der Waals surface area contributed by atoms with Crippen LogP contribution >= 0.6 is 0 Å². The molecule has 0 saturated heterocycles. The Kier molecular flexibility index (Phi) is 2.04. The average molecular weight is 157 g/mol. The van der Waals surface area contributed by atoms with Crippen LogP contribution in [0.5, 0.6) is 0 Å². The second-order valence-corrected chi connectivity index (χ2v) is 2.88. The summed E-state index contributed by atoms with van der Waals surface area (Å²) in [5.41, 5.74) is 2.25. The van der Waals surface area contributed by atoms with Crippen molar-refractivity contribution in [2.45, 2.75) is 12.8 Å². The Morgan fingerprint density at radius 2 is 1.92 bits per heavy atom. The molecule has 0 amide bonds. The molecule has 0 aromatic heterocycles. The van der Waals surface area contributed by atoms with E-state index in [1.54, 1.807) is 0 Å². The summed E-state index contributed by atoms with van der Waals surface area (Å²) in [5.74, 6) is 0. The molecule has 0 N–H and O–H groups in total. The van der Waals surface area contributed by atoms with E-state index in [4.69, 9.17) is 0 Å². The van der Waals surface area contributed by atoms with Crippen LogP contribution in [-0.2, 0) is 0 Å². The molecular weight excluding hydrogens is 146 g/mol. The average Bonchev–Trinajstić information content (AvgIpc) is 2.59. The van der Waals surface area contributed by atoms with E-state index in [0.717, 1.165) is 18.5 Å². The lowest BCUT2D eigenvalue weighted by Crippen LogP contribution is -1.84. The molecule has 1 aromatic rings. The first kappa shape index (κ1) is 7.29. The number of benzene rings is 1. The summed E-state index contributed by atoms with van der Waals surface area (Å²) in [7, 11) is 0. The molecule has 0 fully saturated rings. The summed E-state index contributed by atoms with van der Waals surface area (Å²) in [6, 6.07) is 10.1. The van der Waals surface area contributed by atoms with E-state index in [1.165, 1.54) is 5.71 Å². The normalized spacial score (nSPS) is 18.8. The number of allylic oxidation sites excluding steroid dienone is 2. The lowest BCUT2D eigenvalue weighted by molar-refractivity contribution is 1.14. The zero-order valence-electron chi connectivity index (χ0n) is 6.90. The number of nitrogens with zero attached hydrogens (tertiary/aromatic N) is 1. The molecule has 1 aliphatic carbocycles. The number of para-hydroxylation sites is 1. The van der Waals surface area contributed by atoms with Gasteiger partial charge in [0.1, 0.15) is 0 Å². The van der Waals surface area contributed by atoms with Gasteiger partial charge in [-0.15, -0.1) is 0 Å². The van der Waals surface area contributed by atoms with Crippen LogP contribution in [0, 0.1) is 0 Å². The Morgan fingerprint density at radius 3 is 2.58 bits per heavy atom. The minimum Gasteiger partial charge on any atom is -0.253 e. The molecule has 1 aromatic carbocycles. The van der Waals surface area contributed by atoms with E-state index in [1.807, 2.05) is 30.3 Å². The van der Waals surface area contributed by atoms with Gasteiger partial charge in [0.2, 0.25) is 0 Å². The molecule has 1 aliphatic rings. The Morgan fingerprint density at radius 1 is 1.08 bits per heavy atom. The second kappa shape index (κ2) is 3.35. The van der Waals surface area contributed by atoms with Gasteiger partial charge in [0.25, 0.3) is 0 Å². The van der Waals surface area contributed by atoms with Crippen LogP contribution in [0.15, 0.2) is 47.5 Å². The highest BCUT2D eigenvalue weighted by Gasteiger charge is 1.99. The predicted molar refractivity (Wildman–Crippen MR) is 51.9 cm³/mol.